The highest BCUT2D eigenvalue weighted by Crippen LogP contribution is 2.32. The van der Waals surface area contributed by atoms with Crippen LogP contribution in [0.1, 0.15) is 12.8 Å². The Labute approximate surface area is 214 Å². The summed E-state index contributed by atoms with van der Waals surface area (Å²) in [6, 6.07) is 11.7. The fraction of sp³-hybridized carbons (Fsp3) is 0.292. The van der Waals surface area contributed by atoms with Gasteiger partial charge in [0.1, 0.15) is 23.7 Å². The van der Waals surface area contributed by atoms with Gasteiger partial charge in [0.25, 0.3) is 0 Å². The molecular formula is C24H27Cl2N7O2. The molecule has 0 atom stereocenters. The second kappa shape index (κ2) is 11.4. The topological polar surface area (TPSA) is 117 Å². The highest BCUT2D eigenvalue weighted by molar-refractivity contribution is 6.37. The summed E-state index contributed by atoms with van der Waals surface area (Å²) in [4.78, 5) is 23.0. The van der Waals surface area contributed by atoms with Crippen molar-refractivity contribution in [2.75, 3.05) is 48.4 Å². The van der Waals surface area contributed by atoms with Crippen LogP contribution in [-0.2, 0) is 0 Å². The summed E-state index contributed by atoms with van der Waals surface area (Å²) < 4.78 is 5.97. The number of carbonyl (C=O) groups is 1. The van der Waals surface area contributed by atoms with Crippen LogP contribution in [0, 0.1) is 5.92 Å². The Morgan fingerprint density at radius 2 is 1.80 bits per heavy atom. The number of halogens is 2. The number of nitrogens with two attached hydrogens (primary N) is 1. The monoisotopic (exact) mass is 515 g/mol. The number of hydrogen-bond donors (Lipinski definition) is 4. The summed E-state index contributed by atoms with van der Waals surface area (Å²) in [5.41, 5.74) is 7.23. The van der Waals surface area contributed by atoms with E-state index in [0.717, 1.165) is 31.1 Å². The Bertz CT molecular complexity index is 1150. The highest BCUT2D eigenvalue weighted by Gasteiger charge is 2.17. The second-order valence-corrected chi connectivity index (χ2v) is 9.27. The summed E-state index contributed by atoms with van der Waals surface area (Å²) in [5.74, 6) is 2.23. The molecule has 2 aromatic carbocycles. The number of nitrogens with zero attached hydrogens (tertiary/aromatic N) is 3. The number of aromatic nitrogens is 2. The normalized spacial score (nSPS) is 14.4. The first kappa shape index (κ1) is 24.8. The molecule has 0 radical (unpaired) electrons. The molecule has 35 heavy (non-hydrogen) atoms. The van der Waals surface area contributed by atoms with Crippen LogP contribution in [0.15, 0.2) is 48.8 Å². The van der Waals surface area contributed by atoms with Gasteiger partial charge in [0.05, 0.1) is 23.0 Å². The molecule has 1 aromatic heterocycles. The maximum atomic E-state index is 12.4. The third-order valence-corrected chi connectivity index (χ3v) is 6.20. The quantitative estimate of drug-likeness (QED) is 0.308. The van der Waals surface area contributed by atoms with Crippen LogP contribution < -0.4 is 26.4 Å². The van der Waals surface area contributed by atoms with Gasteiger partial charge in [0, 0.05) is 16.8 Å². The van der Waals surface area contributed by atoms with E-state index in [-0.39, 0.29) is 16.4 Å². The number of carbonyl (C=O) groups excluding carboxylic acids is 1. The van der Waals surface area contributed by atoms with Gasteiger partial charge in [-0.2, -0.15) is 0 Å². The predicted octanol–water partition coefficient (Wildman–Crippen LogP) is 5.47. The molecule has 0 aliphatic carbocycles. The molecule has 2 amide bonds. The van der Waals surface area contributed by atoms with Gasteiger partial charge in [-0.25, -0.2) is 14.8 Å². The predicted molar refractivity (Wildman–Crippen MR) is 141 cm³/mol. The van der Waals surface area contributed by atoms with Crippen molar-refractivity contribution < 1.29 is 9.53 Å². The van der Waals surface area contributed by atoms with Gasteiger partial charge in [-0.1, -0.05) is 23.2 Å². The Morgan fingerprint density at radius 1 is 1.09 bits per heavy atom. The zero-order valence-electron chi connectivity index (χ0n) is 19.2. The molecule has 0 spiro atoms. The molecule has 1 aliphatic rings. The number of nitrogens with one attached hydrogen (secondary N) is 3. The molecule has 0 saturated carbocycles. The average molecular weight is 516 g/mol. The Hall–Kier alpha value is -3.27. The number of benzene rings is 2. The molecule has 4 rings (SSSR count). The molecule has 1 aliphatic heterocycles. The van der Waals surface area contributed by atoms with Crippen LogP contribution in [-0.4, -0.2) is 47.6 Å². The summed E-state index contributed by atoms with van der Waals surface area (Å²) in [5, 5.41) is 9.04. The molecule has 1 saturated heterocycles. The van der Waals surface area contributed by atoms with Crippen molar-refractivity contribution in [3.8, 4) is 5.75 Å². The molecule has 1 fully saturated rings. The van der Waals surface area contributed by atoms with E-state index in [0.29, 0.717) is 22.6 Å². The molecule has 9 nitrogen and oxygen atoms in total. The van der Waals surface area contributed by atoms with Crippen molar-refractivity contribution in [3.05, 3.63) is 58.8 Å². The lowest BCUT2D eigenvalue weighted by atomic mass is 9.98. The van der Waals surface area contributed by atoms with Crippen molar-refractivity contribution in [1.29, 1.82) is 0 Å². The Balaban J connectivity index is 1.30. The first-order valence-electron chi connectivity index (χ1n) is 11.2. The first-order chi connectivity index (χ1) is 16.9. The average Bonchev–Trinajstić information content (AvgIpc) is 2.82. The molecule has 0 bridgehead atoms. The standard InChI is InChI=1S/C24H27Cl2N7O2/c1-33-8-6-15(7-9-33)13-35-18-4-2-17(3-5-18)30-21-12-22(29-14-28-21)31-24(34)32-23-19(26)10-16(25)11-20(23)27/h2-5,10-12,14-15H,6-9,13,27H2,1H3,(H3,28,29,30,31,32,34). The third kappa shape index (κ3) is 7.11. The summed E-state index contributed by atoms with van der Waals surface area (Å²) in [6.07, 6.45) is 3.68. The van der Waals surface area contributed by atoms with E-state index >= 15 is 0 Å². The van der Waals surface area contributed by atoms with Gasteiger partial charge in [0.15, 0.2) is 0 Å². The van der Waals surface area contributed by atoms with Crippen molar-refractivity contribution in [3.63, 3.8) is 0 Å². The largest absolute Gasteiger partial charge is 0.493 e. The van der Waals surface area contributed by atoms with Crippen LogP contribution in [0.2, 0.25) is 10.0 Å². The minimum absolute atomic E-state index is 0.231. The number of ether oxygens (including phenoxy) is 1. The number of anilines is 5. The van der Waals surface area contributed by atoms with E-state index in [1.165, 1.54) is 31.3 Å². The van der Waals surface area contributed by atoms with Crippen molar-refractivity contribution in [2.45, 2.75) is 12.8 Å². The number of rotatable bonds is 7. The van der Waals surface area contributed by atoms with Gasteiger partial charge in [-0.05, 0) is 75.3 Å². The molecule has 184 valence electrons. The SMILES string of the molecule is CN1CCC(COc2ccc(Nc3cc(NC(=O)Nc4c(N)cc(Cl)cc4Cl)ncn3)cc2)CC1. The van der Waals surface area contributed by atoms with Crippen molar-refractivity contribution >= 4 is 57.9 Å². The number of urea groups is 1. The summed E-state index contributed by atoms with van der Waals surface area (Å²) in [6.45, 7) is 2.98. The van der Waals surface area contributed by atoms with E-state index < -0.39 is 6.03 Å². The van der Waals surface area contributed by atoms with Gasteiger partial charge >= 0.3 is 6.03 Å². The number of likely N-dealkylation sites (tertiary alicyclic amines) is 1. The smallest absolute Gasteiger partial charge is 0.324 e. The van der Waals surface area contributed by atoms with Gasteiger partial charge < -0.3 is 26.0 Å². The third-order valence-electron chi connectivity index (χ3n) is 5.68. The number of amides is 2. The van der Waals surface area contributed by atoms with Gasteiger partial charge in [-0.3, -0.25) is 5.32 Å². The molecular weight excluding hydrogens is 489 g/mol. The summed E-state index contributed by atoms with van der Waals surface area (Å²) >= 11 is 12.0. The van der Waals surface area contributed by atoms with E-state index in [2.05, 4.69) is 37.9 Å². The zero-order chi connectivity index (χ0) is 24.8. The number of hydrogen-bond acceptors (Lipinski definition) is 7. The van der Waals surface area contributed by atoms with Crippen LogP contribution in [0.3, 0.4) is 0 Å². The van der Waals surface area contributed by atoms with Crippen LogP contribution in [0.5, 0.6) is 5.75 Å². The van der Waals surface area contributed by atoms with E-state index in [9.17, 15) is 4.79 Å². The van der Waals surface area contributed by atoms with E-state index in [4.69, 9.17) is 33.7 Å². The molecule has 2 heterocycles. The van der Waals surface area contributed by atoms with Gasteiger partial charge in [-0.15, -0.1) is 0 Å². The van der Waals surface area contributed by atoms with Crippen molar-refractivity contribution in [2.24, 2.45) is 5.92 Å². The number of piperidine rings is 1. The second-order valence-electron chi connectivity index (χ2n) is 8.43. The zero-order valence-corrected chi connectivity index (χ0v) is 20.7. The van der Waals surface area contributed by atoms with Crippen LogP contribution in [0.25, 0.3) is 0 Å². The maximum absolute atomic E-state index is 12.4. The summed E-state index contributed by atoms with van der Waals surface area (Å²) in [7, 11) is 2.15. The highest BCUT2D eigenvalue weighted by atomic mass is 35.5. The molecule has 3 aromatic rings. The van der Waals surface area contributed by atoms with Gasteiger partial charge in [0.2, 0.25) is 0 Å². The lowest BCUT2D eigenvalue weighted by Crippen LogP contribution is -2.32. The maximum Gasteiger partial charge on any atom is 0.324 e. The lowest BCUT2D eigenvalue weighted by Gasteiger charge is -2.28. The minimum Gasteiger partial charge on any atom is -0.493 e. The van der Waals surface area contributed by atoms with E-state index in [1.807, 2.05) is 24.3 Å². The first-order valence-corrected chi connectivity index (χ1v) is 11.9. The number of nitrogen functional groups attached to an aromatic ring is 1. The van der Waals surface area contributed by atoms with Crippen molar-refractivity contribution in [1.82, 2.24) is 14.9 Å². The Kier molecular flexibility index (Phi) is 8.12. The van der Waals surface area contributed by atoms with E-state index in [1.54, 1.807) is 6.07 Å². The minimum atomic E-state index is -0.559. The van der Waals surface area contributed by atoms with Crippen LogP contribution in [0.4, 0.5) is 33.5 Å². The molecule has 5 N–H and O–H groups in total. The lowest BCUT2D eigenvalue weighted by molar-refractivity contribution is 0.160. The molecule has 0 unspecified atom stereocenters. The Morgan fingerprint density at radius 3 is 2.51 bits per heavy atom. The fourth-order valence-corrected chi connectivity index (χ4v) is 4.26. The molecule has 11 heteroatoms. The fourth-order valence-electron chi connectivity index (χ4n) is 3.71. The van der Waals surface area contributed by atoms with Crippen LogP contribution >= 0.6 is 23.2 Å².